The van der Waals surface area contributed by atoms with Crippen LogP contribution in [0.3, 0.4) is 0 Å². The number of aryl methyl sites for hydroxylation is 1. The van der Waals surface area contributed by atoms with Crippen LogP contribution in [0.25, 0.3) is 27.8 Å². The highest BCUT2D eigenvalue weighted by molar-refractivity contribution is 5.92. The Morgan fingerprint density at radius 2 is 1.88 bits per heavy atom. The number of aromatic amines is 1. The van der Waals surface area contributed by atoms with Crippen molar-refractivity contribution >= 4 is 16.6 Å². The van der Waals surface area contributed by atoms with E-state index in [1.54, 1.807) is 4.52 Å². The summed E-state index contributed by atoms with van der Waals surface area (Å²) in [7, 11) is 0. The monoisotopic (exact) mass is 444 g/mol. The highest BCUT2D eigenvalue weighted by Gasteiger charge is 2.30. The molecule has 0 spiro atoms. The molecule has 2 aliphatic rings. The fraction of sp³-hybridized carbons (Fsp3) is 0.500. The van der Waals surface area contributed by atoms with Gasteiger partial charge in [-0.05, 0) is 96.4 Å². The number of H-pyrrole nitrogens is 1. The Hall–Kier alpha value is -2.77. The Balaban J connectivity index is 1.40. The van der Waals surface area contributed by atoms with E-state index in [-0.39, 0.29) is 0 Å². The number of ether oxygens (including phenoxy) is 1. The number of likely N-dealkylation sites (tertiary alicyclic amines) is 1. The van der Waals surface area contributed by atoms with Crippen molar-refractivity contribution < 1.29 is 4.74 Å². The van der Waals surface area contributed by atoms with E-state index in [1.807, 2.05) is 0 Å². The van der Waals surface area contributed by atoms with Crippen molar-refractivity contribution in [1.82, 2.24) is 29.9 Å². The zero-order valence-corrected chi connectivity index (χ0v) is 19.9. The molecule has 2 saturated heterocycles. The maximum atomic E-state index is 5.40. The predicted octanol–water partition coefficient (Wildman–Crippen LogP) is 4.59. The molecule has 0 amide bonds. The van der Waals surface area contributed by atoms with E-state index in [0.717, 1.165) is 24.4 Å². The van der Waals surface area contributed by atoms with E-state index in [1.165, 1.54) is 64.8 Å². The number of fused-ring (bicyclic) bond motifs is 2. The molecule has 0 atom stereocenters. The summed E-state index contributed by atoms with van der Waals surface area (Å²) < 4.78 is 7.19. The Labute approximate surface area is 194 Å². The summed E-state index contributed by atoms with van der Waals surface area (Å²) in [5.74, 6) is 1.03. The summed E-state index contributed by atoms with van der Waals surface area (Å²) in [5.41, 5.74) is 9.58. The third-order valence-electron chi connectivity index (χ3n) is 7.89. The van der Waals surface area contributed by atoms with Crippen molar-refractivity contribution in [1.29, 1.82) is 0 Å². The molecule has 33 heavy (non-hydrogen) atoms. The third-order valence-corrected chi connectivity index (χ3v) is 7.89. The summed E-state index contributed by atoms with van der Waals surface area (Å²) >= 11 is 0. The van der Waals surface area contributed by atoms with Crippen molar-refractivity contribution in [2.24, 2.45) is 0 Å². The number of hydrogen-bond donors (Lipinski definition) is 1. The van der Waals surface area contributed by atoms with Crippen LogP contribution in [0.4, 0.5) is 0 Å². The highest BCUT2D eigenvalue weighted by Crippen LogP contribution is 2.40. The van der Waals surface area contributed by atoms with Crippen LogP contribution in [-0.2, 0) is 4.74 Å². The predicted molar refractivity (Wildman–Crippen MR) is 130 cm³/mol. The normalized spacial score (nSPS) is 18.6. The largest absolute Gasteiger partial charge is 0.378 e. The zero-order valence-electron chi connectivity index (χ0n) is 19.9. The molecule has 1 aromatic carbocycles. The molecule has 5 heterocycles. The molecule has 0 unspecified atom stereocenters. The van der Waals surface area contributed by atoms with Gasteiger partial charge in [-0.25, -0.2) is 0 Å². The fourth-order valence-corrected chi connectivity index (χ4v) is 5.70. The maximum Gasteiger partial charge on any atom is 0.182 e. The van der Waals surface area contributed by atoms with Crippen LogP contribution in [0, 0.1) is 13.8 Å². The van der Waals surface area contributed by atoms with E-state index in [0.29, 0.717) is 17.9 Å². The van der Waals surface area contributed by atoms with E-state index in [9.17, 15) is 0 Å². The molecule has 0 saturated carbocycles. The number of piperidine rings is 1. The van der Waals surface area contributed by atoms with E-state index < -0.39 is 0 Å². The SMILES string of the molecule is Cc1c(-c2[nH]c3ccc(C4CCN(C5COC5)CC4)cc3c2C(C)C)cn2nnnc2c1C. The van der Waals surface area contributed by atoms with Gasteiger partial charge in [-0.15, -0.1) is 5.10 Å². The van der Waals surface area contributed by atoms with Crippen LogP contribution in [0.2, 0.25) is 0 Å². The lowest BCUT2D eigenvalue weighted by molar-refractivity contribution is -0.0712. The average molecular weight is 445 g/mol. The molecule has 0 bridgehead atoms. The minimum atomic E-state index is 0.397. The van der Waals surface area contributed by atoms with Crippen LogP contribution in [-0.4, -0.2) is 62.3 Å². The smallest absolute Gasteiger partial charge is 0.182 e. The lowest BCUT2D eigenvalue weighted by Crippen LogP contribution is -2.51. The first-order chi connectivity index (χ1) is 16.0. The van der Waals surface area contributed by atoms with E-state index in [2.05, 4.69) is 77.5 Å². The summed E-state index contributed by atoms with van der Waals surface area (Å²) in [6.07, 6.45) is 4.52. The van der Waals surface area contributed by atoms with Gasteiger partial charge >= 0.3 is 0 Å². The maximum absolute atomic E-state index is 5.40. The molecule has 172 valence electrons. The quantitative estimate of drug-likeness (QED) is 0.498. The van der Waals surface area contributed by atoms with Gasteiger partial charge in [0.15, 0.2) is 5.65 Å². The lowest BCUT2D eigenvalue weighted by atomic mass is 9.87. The zero-order chi connectivity index (χ0) is 22.7. The molecule has 3 aromatic heterocycles. The van der Waals surface area contributed by atoms with Crippen molar-refractivity contribution in [3.63, 3.8) is 0 Å². The summed E-state index contributed by atoms with van der Waals surface area (Å²) in [6, 6.07) is 7.72. The van der Waals surface area contributed by atoms with E-state index in [4.69, 9.17) is 4.74 Å². The molecule has 7 heteroatoms. The van der Waals surface area contributed by atoms with Crippen LogP contribution in [0.5, 0.6) is 0 Å². The molecule has 7 nitrogen and oxygen atoms in total. The Kier molecular flexibility index (Phi) is 4.99. The van der Waals surface area contributed by atoms with Crippen LogP contribution in [0.15, 0.2) is 24.4 Å². The van der Waals surface area contributed by atoms with Crippen molar-refractivity contribution in [2.45, 2.75) is 58.4 Å². The number of tetrazole rings is 1. The Morgan fingerprint density at radius 3 is 2.58 bits per heavy atom. The number of aromatic nitrogens is 5. The van der Waals surface area contributed by atoms with Gasteiger partial charge in [0.1, 0.15) is 0 Å². The first kappa shape index (κ1) is 20.8. The number of nitrogens with zero attached hydrogens (tertiary/aromatic N) is 5. The van der Waals surface area contributed by atoms with Crippen LogP contribution < -0.4 is 0 Å². The van der Waals surface area contributed by atoms with Gasteiger partial charge in [0, 0.05) is 22.7 Å². The molecule has 2 fully saturated rings. The number of nitrogens with one attached hydrogen (secondary N) is 1. The number of pyridine rings is 1. The second-order valence-electron chi connectivity index (χ2n) is 10.1. The van der Waals surface area contributed by atoms with E-state index >= 15 is 0 Å². The second-order valence-corrected chi connectivity index (χ2v) is 10.1. The van der Waals surface area contributed by atoms with Gasteiger partial charge in [-0.3, -0.25) is 4.90 Å². The number of hydrogen-bond acceptors (Lipinski definition) is 5. The summed E-state index contributed by atoms with van der Waals surface area (Å²) in [6.45, 7) is 13.0. The van der Waals surface area contributed by atoms with Gasteiger partial charge in [-0.1, -0.05) is 19.9 Å². The molecular weight excluding hydrogens is 412 g/mol. The third kappa shape index (κ3) is 3.37. The minimum Gasteiger partial charge on any atom is -0.378 e. The van der Waals surface area contributed by atoms with Gasteiger partial charge in [0.25, 0.3) is 0 Å². The van der Waals surface area contributed by atoms with Gasteiger partial charge in [-0.2, -0.15) is 4.52 Å². The first-order valence-electron chi connectivity index (χ1n) is 12.2. The average Bonchev–Trinajstić information content (AvgIpc) is 3.39. The van der Waals surface area contributed by atoms with Crippen LogP contribution in [0.1, 0.15) is 60.8 Å². The molecule has 0 radical (unpaired) electrons. The number of rotatable bonds is 4. The lowest BCUT2D eigenvalue weighted by Gasteiger charge is -2.41. The molecular formula is C26H32N6O. The van der Waals surface area contributed by atoms with Gasteiger partial charge in [0.05, 0.1) is 24.9 Å². The highest BCUT2D eigenvalue weighted by atomic mass is 16.5. The molecule has 6 rings (SSSR count). The minimum absolute atomic E-state index is 0.397. The first-order valence-corrected chi connectivity index (χ1v) is 12.2. The van der Waals surface area contributed by atoms with Crippen molar-refractivity contribution in [3.05, 3.63) is 46.6 Å². The Morgan fingerprint density at radius 1 is 1.09 bits per heavy atom. The fourth-order valence-electron chi connectivity index (χ4n) is 5.70. The summed E-state index contributed by atoms with van der Waals surface area (Å²) in [4.78, 5) is 6.37. The van der Waals surface area contributed by atoms with Crippen molar-refractivity contribution in [2.75, 3.05) is 26.3 Å². The van der Waals surface area contributed by atoms with Crippen molar-refractivity contribution in [3.8, 4) is 11.3 Å². The molecule has 0 aliphatic carbocycles. The second kappa shape index (κ2) is 7.92. The van der Waals surface area contributed by atoms with Gasteiger partial charge < -0.3 is 9.72 Å². The molecule has 4 aromatic rings. The summed E-state index contributed by atoms with van der Waals surface area (Å²) in [5, 5.41) is 13.6. The topological polar surface area (TPSA) is 71.3 Å². The van der Waals surface area contributed by atoms with Crippen LogP contribution >= 0.6 is 0 Å². The van der Waals surface area contributed by atoms with Gasteiger partial charge in [0.2, 0.25) is 0 Å². The Bertz CT molecular complexity index is 1320. The molecule has 2 aliphatic heterocycles. The standard InChI is InChI=1S/C26H32N6O/c1-15(2)24-21-11-19(18-7-9-31(10-8-18)20-13-33-14-20)5-6-23(21)27-25(24)22-12-32-26(28-29-30-32)17(4)16(22)3/h5-6,11-12,15,18,20,27H,7-10,13-14H2,1-4H3. The number of benzene rings is 1. The molecule has 1 N–H and O–H groups in total.